The van der Waals surface area contributed by atoms with Crippen LogP contribution in [0.3, 0.4) is 0 Å². The molecule has 0 saturated heterocycles. The van der Waals surface area contributed by atoms with Gasteiger partial charge in [-0.15, -0.1) is 0 Å². The summed E-state index contributed by atoms with van der Waals surface area (Å²) in [4.78, 5) is 24.0. The predicted molar refractivity (Wildman–Crippen MR) is 101 cm³/mol. The van der Waals surface area contributed by atoms with Gasteiger partial charge in [0.15, 0.2) is 11.5 Å². The highest BCUT2D eigenvalue weighted by atomic mass is 16.5. The standard InChI is InChI=1S/C20H24N2O5/c1-13(14-7-5-4-6-8-14)22-20(25)19(24)21-12-16(23)15-9-10-17(26-2)18(11-15)27-3/h4-11,13,16,23H,12H2,1-3H3,(H,21,24)(H,22,25)/t13-,16+/m0/s1. The Morgan fingerprint density at radius 1 is 0.963 bits per heavy atom. The van der Waals surface area contributed by atoms with Gasteiger partial charge in [-0.3, -0.25) is 9.59 Å². The summed E-state index contributed by atoms with van der Waals surface area (Å²) >= 11 is 0. The van der Waals surface area contributed by atoms with Crippen molar-refractivity contribution in [1.82, 2.24) is 10.6 Å². The summed E-state index contributed by atoms with van der Waals surface area (Å²) in [7, 11) is 3.01. The van der Waals surface area contributed by atoms with E-state index in [-0.39, 0.29) is 12.6 Å². The summed E-state index contributed by atoms with van der Waals surface area (Å²) in [6.07, 6.45) is -0.992. The van der Waals surface area contributed by atoms with Crippen LogP contribution in [0.2, 0.25) is 0 Å². The summed E-state index contributed by atoms with van der Waals surface area (Å²) in [5.41, 5.74) is 1.43. The summed E-state index contributed by atoms with van der Waals surface area (Å²) in [6.45, 7) is 1.68. The van der Waals surface area contributed by atoms with Crippen molar-refractivity contribution in [3.05, 3.63) is 59.7 Å². The van der Waals surface area contributed by atoms with Gasteiger partial charge in [0.05, 0.1) is 26.4 Å². The number of nitrogens with one attached hydrogen (secondary N) is 2. The molecule has 0 aliphatic rings. The molecule has 27 heavy (non-hydrogen) atoms. The first-order valence-electron chi connectivity index (χ1n) is 8.50. The van der Waals surface area contributed by atoms with Crippen LogP contribution in [0.4, 0.5) is 0 Å². The van der Waals surface area contributed by atoms with Crippen molar-refractivity contribution < 1.29 is 24.2 Å². The fourth-order valence-electron chi connectivity index (χ4n) is 2.53. The van der Waals surface area contributed by atoms with Gasteiger partial charge in [-0.2, -0.15) is 0 Å². The third-order valence-corrected chi connectivity index (χ3v) is 4.10. The van der Waals surface area contributed by atoms with Crippen molar-refractivity contribution in [3.8, 4) is 11.5 Å². The second kappa shape index (κ2) is 9.59. The molecule has 2 amide bonds. The van der Waals surface area contributed by atoms with Gasteiger partial charge in [0.2, 0.25) is 0 Å². The number of aliphatic hydroxyl groups excluding tert-OH is 1. The monoisotopic (exact) mass is 372 g/mol. The molecular formula is C20H24N2O5. The van der Waals surface area contributed by atoms with E-state index < -0.39 is 17.9 Å². The Morgan fingerprint density at radius 2 is 1.63 bits per heavy atom. The Bertz CT molecular complexity index is 779. The second-order valence-corrected chi connectivity index (χ2v) is 5.95. The molecule has 2 aromatic rings. The molecule has 0 aliphatic carbocycles. The lowest BCUT2D eigenvalue weighted by Crippen LogP contribution is -2.42. The summed E-state index contributed by atoms with van der Waals surface area (Å²) < 4.78 is 10.3. The predicted octanol–water partition coefficient (Wildman–Crippen LogP) is 1.73. The molecule has 3 N–H and O–H groups in total. The minimum atomic E-state index is -0.992. The zero-order valence-corrected chi connectivity index (χ0v) is 15.6. The molecule has 2 aromatic carbocycles. The number of carbonyl (C=O) groups excluding carboxylic acids is 2. The second-order valence-electron chi connectivity index (χ2n) is 5.95. The number of carbonyl (C=O) groups is 2. The van der Waals surface area contributed by atoms with Crippen LogP contribution >= 0.6 is 0 Å². The molecule has 0 spiro atoms. The van der Waals surface area contributed by atoms with Gasteiger partial charge in [-0.05, 0) is 30.2 Å². The minimum absolute atomic E-state index is 0.110. The molecule has 144 valence electrons. The average molecular weight is 372 g/mol. The van der Waals surface area contributed by atoms with Crippen LogP contribution in [0.1, 0.15) is 30.2 Å². The zero-order valence-electron chi connectivity index (χ0n) is 15.6. The van der Waals surface area contributed by atoms with E-state index in [1.54, 1.807) is 25.1 Å². The highest BCUT2D eigenvalue weighted by molar-refractivity contribution is 6.35. The number of hydrogen-bond donors (Lipinski definition) is 3. The minimum Gasteiger partial charge on any atom is -0.493 e. The van der Waals surface area contributed by atoms with Crippen LogP contribution in [0.25, 0.3) is 0 Å². The van der Waals surface area contributed by atoms with Crippen molar-refractivity contribution in [2.45, 2.75) is 19.1 Å². The molecular weight excluding hydrogens is 348 g/mol. The van der Waals surface area contributed by atoms with Crippen LogP contribution in [-0.4, -0.2) is 37.7 Å². The lowest BCUT2D eigenvalue weighted by Gasteiger charge is -2.16. The molecule has 0 unspecified atom stereocenters. The maximum Gasteiger partial charge on any atom is 0.309 e. The fraction of sp³-hybridized carbons (Fsp3) is 0.300. The molecule has 2 rings (SSSR count). The molecule has 0 aliphatic heterocycles. The third kappa shape index (κ3) is 5.46. The maximum atomic E-state index is 12.0. The molecule has 0 heterocycles. The lowest BCUT2D eigenvalue weighted by molar-refractivity contribution is -0.139. The molecule has 0 radical (unpaired) electrons. The van der Waals surface area contributed by atoms with E-state index in [2.05, 4.69) is 10.6 Å². The molecule has 0 saturated carbocycles. The van der Waals surface area contributed by atoms with Crippen LogP contribution in [0, 0.1) is 0 Å². The zero-order chi connectivity index (χ0) is 19.8. The van der Waals surface area contributed by atoms with Crippen LogP contribution in [-0.2, 0) is 9.59 Å². The van der Waals surface area contributed by atoms with E-state index in [9.17, 15) is 14.7 Å². The maximum absolute atomic E-state index is 12.0. The number of hydrogen-bond acceptors (Lipinski definition) is 5. The Balaban J connectivity index is 1.89. The number of amides is 2. The largest absolute Gasteiger partial charge is 0.493 e. The van der Waals surface area contributed by atoms with Crippen molar-refractivity contribution in [3.63, 3.8) is 0 Å². The lowest BCUT2D eigenvalue weighted by atomic mass is 10.1. The normalized spacial score (nSPS) is 12.6. The smallest absolute Gasteiger partial charge is 0.309 e. The van der Waals surface area contributed by atoms with E-state index in [0.717, 1.165) is 5.56 Å². The number of ether oxygens (including phenoxy) is 2. The molecule has 0 bridgehead atoms. The van der Waals surface area contributed by atoms with Crippen molar-refractivity contribution in [2.24, 2.45) is 0 Å². The van der Waals surface area contributed by atoms with E-state index in [1.165, 1.54) is 14.2 Å². The van der Waals surface area contributed by atoms with Crippen LogP contribution in [0.5, 0.6) is 11.5 Å². The Hall–Kier alpha value is -3.06. The van der Waals surface area contributed by atoms with Crippen LogP contribution in [0.15, 0.2) is 48.5 Å². The number of aliphatic hydroxyl groups is 1. The molecule has 0 aromatic heterocycles. The molecule has 7 heteroatoms. The summed E-state index contributed by atoms with van der Waals surface area (Å²) in [5.74, 6) is -0.565. The SMILES string of the molecule is COc1ccc([C@H](O)CNC(=O)C(=O)N[C@@H](C)c2ccccc2)cc1OC. The summed E-state index contributed by atoms with van der Waals surface area (Å²) in [5, 5.41) is 15.3. The van der Waals surface area contributed by atoms with Gasteiger partial charge in [-0.1, -0.05) is 36.4 Å². The van der Waals surface area contributed by atoms with Crippen molar-refractivity contribution in [1.29, 1.82) is 0 Å². The number of methoxy groups -OCH3 is 2. The van der Waals surface area contributed by atoms with Gasteiger partial charge in [0.1, 0.15) is 0 Å². The van der Waals surface area contributed by atoms with Gasteiger partial charge in [0, 0.05) is 6.54 Å². The van der Waals surface area contributed by atoms with Crippen molar-refractivity contribution in [2.75, 3.05) is 20.8 Å². The molecule has 0 fully saturated rings. The topological polar surface area (TPSA) is 96.9 Å². The van der Waals surface area contributed by atoms with Gasteiger partial charge >= 0.3 is 11.8 Å². The van der Waals surface area contributed by atoms with E-state index in [4.69, 9.17) is 9.47 Å². The van der Waals surface area contributed by atoms with Gasteiger partial charge in [-0.25, -0.2) is 0 Å². The Morgan fingerprint density at radius 3 is 2.26 bits per heavy atom. The highest BCUT2D eigenvalue weighted by Crippen LogP contribution is 2.29. The average Bonchev–Trinajstić information content (AvgIpc) is 2.71. The van der Waals surface area contributed by atoms with Gasteiger partial charge in [0.25, 0.3) is 0 Å². The quantitative estimate of drug-likeness (QED) is 0.643. The number of benzene rings is 2. The molecule has 2 atom stereocenters. The van der Waals surface area contributed by atoms with Crippen LogP contribution < -0.4 is 20.1 Å². The Labute approximate surface area is 158 Å². The van der Waals surface area contributed by atoms with E-state index in [1.807, 2.05) is 30.3 Å². The fourth-order valence-corrected chi connectivity index (χ4v) is 2.53. The first-order chi connectivity index (χ1) is 13.0. The summed E-state index contributed by atoms with van der Waals surface area (Å²) in [6, 6.07) is 14.0. The first-order valence-corrected chi connectivity index (χ1v) is 8.50. The first kappa shape index (κ1) is 20.3. The Kier molecular flexibility index (Phi) is 7.19. The van der Waals surface area contributed by atoms with Gasteiger partial charge < -0.3 is 25.2 Å². The highest BCUT2D eigenvalue weighted by Gasteiger charge is 2.19. The molecule has 7 nitrogen and oxygen atoms in total. The van der Waals surface area contributed by atoms with E-state index >= 15 is 0 Å². The third-order valence-electron chi connectivity index (χ3n) is 4.10. The van der Waals surface area contributed by atoms with Crippen molar-refractivity contribution >= 4 is 11.8 Å². The van der Waals surface area contributed by atoms with E-state index in [0.29, 0.717) is 17.1 Å². The number of rotatable bonds is 7.